The van der Waals surface area contributed by atoms with Crippen LogP contribution in [0, 0.1) is 11.8 Å². The highest BCUT2D eigenvalue weighted by atomic mass is 35.5. The molecule has 5 heteroatoms. The monoisotopic (exact) mass is 330 g/mol. The molecule has 120 valence electrons. The molecule has 2 aliphatic rings. The lowest BCUT2D eigenvalue weighted by atomic mass is 10.0. The molecule has 1 N–H and O–H groups in total. The zero-order valence-corrected chi connectivity index (χ0v) is 13.5. The Balaban J connectivity index is 1.38. The normalized spacial score (nSPS) is 26.3. The Hall–Kier alpha value is -1.94. The first-order valence-corrected chi connectivity index (χ1v) is 8.36. The van der Waals surface area contributed by atoms with Crippen molar-refractivity contribution in [3.8, 4) is 11.5 Å². The molecule has 1 aromatic heterocycles. The van der Waals surface area contributed by atoms with Crippen molar-refractivity contribution in [3.63, 3.8) is 0 Å². The summed E-state index contributed by atoms with van der Waals surface area (Å²) in [7, 11) is 0. The van der Waals surface area contributed by atoms with Crippen molar-refractivity contribution in [2.45, 2.75) is 18.9 Å². The predicted molar refractivity (Wildman–Crippen MR) is 90.2 cm³/mol. The van der Waals surface area contributed by atoms with Crippen LogP contribution in [0.2, 0.25) is 5.02 Å². The van der Waals surface area contributed by atoms with Gasteiger partial charge in [0.1, 0.15) is 11.5 Å². The summed E-state index contributed by atoms with van der Waals surface area (Å²) in [5.41, 5.74) is 1.11. The summed E-state index contributed by atoms with van der Waals surface area (Å²) in [6.07, 6.45) is 5.71. The first-order chi connectivity index (χ1) is 11.2. The van der Waals surface area contributed by atoms with Gasteiger partial charge in [-0.1, -0.05) is 17.7 Å². The van der Waals surface area contributed by atoms with E-state index >= 15 is 0 Å². The smallest absolute Gasteiger partial charge is 0.139 e. The van der Waals surface area contributed by atoms with Crippen LogP contribution in [0.25, 0.3) is 0 Å². The SMILES string of the molecule is Oc1cccc(N2C[C@H]3CC(Oc4cncc(Cl)c4)C[C@H]3C2)c1. The summed E-state index contributed by atoms with van der Waals surface area (Å²) in [4.78, 5) is 6.44. The maximum Gasteiger partial charge on any atom is 0.139 e. The Morgan fingerprint density at radius 1 is 1.13 bits per heavy atom. The molecule has 1 saturated heterocycles. The van der Waals surface area contributed by atoms with Crippen LogP contribution in [0.15, 0.2) is 42.7 Å². The molecule has 1 saturated carbocycles. The number of rotatable bonds is 3. The number of aromatic hydroxyl groups is 1. The van der Waals surface area contributed by atoms with Crippen LogP contribution in [0.5, 0.6) is 11.5 Å². The third-order valence-electron chi connectivity index (χ3n) is 4.89. The number of aromatic nitrogens is 1. The lowest BCUT2D eigenvalue weighted by molar-refractivity contribution is 0.199. The van der Waals surface area contributed by atoms with Crippen LogP contribution < -0.4 is 9.64 Å². The number of ether oxygens (including phenoxy) is 1. The second-order valence-electron chi connectivity index (χ2n) is 6.50. The van der Waals surface area contributed by atoms with Crippen LogP contribution >= 0.6 is 11.6 Å². The summed E-state index contributed by atoms with van der Waals surface area (Å²) in [5.74, 6) is 2.38. The summed E-state index contributed by atoms with van der Waals surface area (Å²) in [5, 5.41) is 10.2. The van der Waals surface area contributed by atoms with Crippen molar-refractivity contribution < 1.29 is 9.84 Å². The highest BCUT2D eigenvalue weighted by Crippen LogP contribution is 2.41. The molecule has 1 unspecified atom stereocenters. The number of hydrogen-bond acceptors (Lipinski definition) is 4. The van der Waals surface area contributed by atoms with E-state index in [4.69, 9.17) is 16.3 Å². The van der Waals surface area contributed by atoms with Crippen molar-refractivity contribution in [2.24, 2.45) is 11.8 Å². The Bertz CT molecular complexity index is 695. The average molecular weight is 331 g/mol. The first kappa shape index (κ1) is 14.6. The van der Waals surface area contributed by atoms with Crippen LogP contribution in [0.3, 0.4) is 0 Å². The zero-order valence-electron chi connectivity index (χ0n) is 12.7. The molecule has 1 aliphatic heterocycles. The minimum atomic E-state index is 0.247. The standard InChI is InChI=1S/C18H19ClN2O2/c19-14-6-18(9-20-8-14)23-17-4-12-10-21(11-13(12)5-17)15-2-1-3-16(22)7-15/h1-3,6-9,12-13,17,22H,4-5,10-11H2/t12-,13+,17?. The summed E-state index contributed by atoms with van der Waals surface area (Å²) < 4.78 is 6.05. The number of nitrogens with zero attached hydrogens (tertiary/aromatic N) is 2. The van der Waals surface area contributed by atoms with Gasteiger partial charge in [0.15, 0.2) is 0 Å². The number of pyridine rings is 1. The Morgan fingerprint density at radius 3 is 2.61 bits per heavy atom. The van der Waals surface area contributed by atoms with Gasteiger partial charge in [-0.25, -0.2) is 0 Å². The number of phenols is 1. The molecule has 3 atom stereocenters. The highest BCUT2D eigenvalue weighted by Gasteiger charge is 2.42. The topological polar surface area (TPSA) is 45.6 Å². The van der Waals surface area contributed by atoms with E-state index in [0.717, 1.165) is 37.4 Å². The van der Waals surface area contributed by atoms with Gasteiger partial charge in [0.05, 0.1) is 17.3 Å². The fourth-order valence-corrected chi connectivity index (χ4v) is 4.05. The molecule has 0 radical (unpaired) electrons. The quantitative estimate of drug-likeness (QED) is 0.931. The van der Waals surface area contributed by atoms with Crippen LogP contribution in [0.1, 0.15) is 12.8 Å². The van der Waals surface area contributed by atoms with Crippen molar-refractivity contribution in [1.29, 1.82) is 0 Å². The maximum atomic E-state index is 9.64. The molecule has 4 rings (SSSR count). The Labute approximate surface area is 140 Å². The molecule has 0 bridgehead atoms. The highest BCUT2D eigenvalue weighted by molar-refractivity contribution is 6.30. The van der Waals surface area contributed by atoms with Gasteiger partial charge in [0, 0.05) is 37.1 Å². The van der Waals surface area contributed by atoms with E-state index in [1.807, 2.05) is 18.2 Å². The summed E-state index contributed by atoms with van der Waals surface area (Å²) >= 11 is 5.96. The van der Waals surface area contributed by atoms with Gasteiger partial charge in [-0.3, -0.25) is 4.98 Å². The predicted octanol–water partition coefficient (Wildman–Crippen LogP) is 3.73. The third kappa shape index (κ3) is 3.08. The van der Waals surface area contributed by atoms with Gasteiger partial charge >= 0.3 is 0 Å². The fraction of sp³-hybridized carbons (Fsp3) is 0.389. The largest absolute Gasteiger partial charge is 0.508 e. The van der Waals surface area contributed by atoms with Crippen LogP contribution in [-0.2, 0) is 0 Å². The second-order valence-corrected chi connectivity index (χ2v) is 6.93. The lowest BCUT2D eigenvalue weighted by Crippen LogP contribution is -2.24. The van der Waals surface area contributed by atoms with Gasteiger partial charge in [-0.05, 0) is 36.8 Å². The zero-order chi connectivity index (χ0) is 15.8. The van der Waals surface area contributed by atoms with E-state index in [1.165, 1.54) is 0 Å². The minimum absolute atomic E-state index is 0.247. The number of hydrogen-bond donors (Lipinski definition) is 1. The van der Waals surface area contributed by atoms with E-state index in [0.29, 0.717) is 22.6 Å². The Morgan fingerprint density at radius 2 is 1.91 bits per heavy atom. The molecule has 2 heterocycles. The molecule has 23 heavy (non-hydrogen) atoms. The van der Waals surface area contributed by atoms with Gasteiger partial charge < -0.3 is 14.7 Å². The first-order valence-electron chi connectivity index (χ1n) is 7.98. The Kier molecular flexibility index (Phi) is 3.77. The molecular weight excluding hydrogens is 312 g/mol. The van der Waals surface area contributed by atoms with Crippen molar-refractivity contribution in [2.75, 3.05) is 18.0 Å². The van der Waals surface area contributed by atoms with Crippen molar-refractivity contribution in [3.05, 3.63) is 47.7 Å². The minimum Gasteiger partial charge on any atom is -0.508 e. The molecule has 1 aromatic carbocycles. The maximum absolute atomic E-state index is 9.64. The molecule has 2 fully saturated rings. The number of halogens is 1. The summed E-state index contributed by atoms with van der Waals surface area (Å²) in [6.45, 7) is 2.06. The number of phenolic OH excluding ortho intramolecular Hbond substituents is 1. The molecule has 4 nitrogen and oxygen atoms in total. The van der Waals surface area contributed by atoms with Crippen molar-refractivity contribution >= 4 is 17.3 Å². The van der Waals surface area contributed by atoms with Gasteiger partial charge in [0.25, 0.3) is 0 Å². The summed E-state index contributed by atoms with van der Waals surface area (Å²) in [6, 6.07) is 9.33. The number of fused-ring (bicyclic) bond motifs is 1. The van der Waals surface area contributed by atoms with Crippen LogP contribution in [0.4, 0.5) is 5.69 Å². The number of anilines is 1. The van der Waals surface area contributed by atoms with E-state index in [-0.39, 0.29) is 6.10 Å². The third-order valence-corrected chi connectivity index (χ3v) is 5.09. The van der Waals surface area contributed by atoms with Crippen LogP contribution in [-0.4, -0.2) is 29.3 Å². The average Bonchev–Trinajstić information content (AvgIpc) is 3.05. The van der Waals surface area contributed by atoms with E-state index in [9.17, 15) is 5.11 Å². The lowest BCUT2D eigenvalue weighted by Gasteiger charge is -2.22. The van der Waals surface area contributed by atoms with Gasteiger partial charge in [-0.2, -0.15) is 0 Å². The molecular formula is C18H19ClN2O2. The molecule has 0 amide bonds. The van der Waals surface area contributed by atoms with E-state index in [1.54, 1.807) is 18.5 Å². The molecule has 0 spiro atoms. The molecule has 2 aromatic rings. The fourth-order valence-electron chi connectivity index (χ4n) is 3.89. The van der Waals surface area contributed by atoms with Gasteiger partial charge in [0.2, 0.25) is 0 Å². The second kappa shape index (κ2) is 5.93. The number of benzene rings is 1. The van der Waals surface area contributed by atoms with E-state index < -0.39 is 0 Å². The van der Waals surface area contributed by atoms with Gasteiger partial charge in [-0.15, -0.1) is 0 Å². The van der Waals surface area contributed by atoms with Crippen molar-refractivity contribution in [1.82, 2.24) is 4.98 Å². The molecule has 1 aliphatic carbocycles. The van der Waals surface area contributed by atoms with E-state index in [2.05, 4.69) is 16.0 Å².